The Balaban J connectivity index is 1.39. The highest BCUT2D eigenvalue weighted by Gasteiger charge is 2.26. The Hall–Kier alpha value is -3.49. The molecule has 2 amide bonds. The second kappa shape index (κ2) is 7.50. The number of benzene rings is 1. The first-order valence-corrected chi connectivity index (χ1v) is 9.36. The topological polar surface area (TPSA) is 99.6 Å². The normalized spacial score (nSPS) is 14.9. The van der Waals surface area contributed by atoms with Crippen molar-refractivity contribution in [2.45, 2.75) is 25.8 Å². The van der Waals surface area contributed by atoms with Crippen LogP contribution in [0.2, 0.25) is 0 Å². The molecule has 0 saturated carbocycles. The summed E-state index contributed by atoms with van der Waals surface area (Å²) < 4.78 is 14.7. The van der Waals surface area contributed by atoms with Crippen LogP contribution < -0.4 is 10.9 Å². The number of carbonyl (C=O) groups is 2. The molecule has 1 saturated heterocycles. The first-order chi connectivity index (χ1) is 13.9. The van der Waals surface area contributed by atoms with Gasteiger partial charge in [-0.15, -0.1) is 0 Å². The minimum Gasteiger partial charge on any atom is -0.349 e. The molecule has 9 heteroatoms. The number of carbonyl (C=O) groups excluding carboxylic acids is 2. The second-order valence-corrected chi connectivity index (χ2v) is 7.18. The summed E-state index contributed by atoms with van der Waals surface area (Å²) in [7, 11) is 0. The summed E-state index contributed by atoms with van der Waals surface area (Å²) in [4.78, 5) is 41.4. The molecule has 1 aliphatic rings. The number of fused-ring (bicyclic) bond motifs is 1. The van der Waals surface area contributed by atoms with Gasteiger partial charge in [0.1, 0.15) is 11.3 Å². The zero-order chi connectivity index (χ0) is 20.5. The van der Waals surface area contributed by atoms with Crippen molar-refractivity contribution in [2.75, 3.05) is 13.1 Å². The van der Waals surface area contributed by atoms with Gasteiger partial charge in [-0.3, -0.25) is 14.4 Å². The highest BCUT2D eigenvalue weighted by molar-refractivity contribution is 5.95. The highest BCUT2D eigenvalue weighted by atomic mass is 19.1. The molecule has 0 unspecified atom stereocenters. The molecular weight excluding hydrogens is 377 g/mol. The standard InChI is InChI=1S/C20H20FN5O3/c1-12-11-26-17(19(28)22-12)10-16(24-26)20(29)25-7-5-15(6-8-25)23-18(27)13-3-2-4-14(21)9-13/h2-4,9-11,15H,5-8H2,1H3,(H,22,28)(H,23,27). The zero-order valence-corrected chi connectivity index (χ0v) is 15.8. The van der Waals surface area contributed by atoms with Crippen LogP contribution in [0.4, 0.5) is 4.39 Å². The zero-order valence-electron chi connectivity index (χ0n) is 15.8. The minimum atomic E-state index is -0.459. The van der Waals surface area contributed by atoms with E-state index >= 15 is 0 Å². The highest BCUT2D eigenvalue weighted by Crippen LogP contribution is 2.15. The third-order valence-corrected chi connectivity index (χ3v) is 5.02. The Morgan fingerprint density at radius 2 is 2.00 bits per heavy atom. The van der Waals surface area contributed by atoms with Crippen LogP contribution >= 0.6 is 0 Å². The van der Waals surface area contributed by atoms with Crippen LogP contribution in [0.5, 0.6) is 0 Å². The van der Waals surface area contributed by atoms with Gasteiger partial charge in [-0.2, -0.15) is 5.10 Å². The van der Waals surface area contributed by atoms with Crippen LogP contribution in [-0.2, 0) is 0 Å². The van der Waals surface area contributed by atoms with Crippen molar-refractivity contribution in [3.05, 3.63) is 69.7 Å². The quantitative estimate of drug-likeness (QED) is 0.700. The molecule has 0 spiro atoms. The fraction of sp³-hybridized carbons (Fsp3) is 0.300. The van der Waals surface area contributed by atoms with E-state index in [4.69, 9.17) is 0 Å². The van der Waals surface area contributed by atoms with Crippen molar-refractivity contribution in [3.8, 4) is 0 Å². The third kappa shape index (κ3) is 3.89. The average molecular weight is 397 g/mol. The predicted molar refractivity (Wildman–Crippen MR) is 103 cm³/mol. The number of aryl methyl sites for hydroxylation is 1. The number of halogens is 1. The molecule has 0 aliphatic carbocycles. The lowest BCUT2D eigenvalue weighted by Crippen LogP contribution is -2.46. The summed E-state index contributed by atoms with van der Waals surface area (Å²) >= 11 is 0. The van der Waals surface area contributed by atoms with Crippen LogP contribution in [0.15, 0.2) is 41.3 Å². The van der Waals surface area contributed by atoms with Crippen molar-refractivity contribution in [1.82, 2.24) is 24.8 Å². The Morgan fingerprint density at radius 3 is 2.72 bits per heavy atom. The Morgan fingerprint density at radius 1 is 1.24 bits per heavy atom. The number of likely N-dealkylation sites (tertiary alicyclic amines) is 1. The average Bonchev–Trinajstić information content (AvgIpc) is 3.12. The van der Waals surface area contributed by atoms with Crippen molar-refractivity contribution >= 4 is 17.3 Å². The van der Waals surface area contributed by atoms with E-state index < -0.39 is 5.82 Å². The SMILES string of the molecule is Cc1cn2nc(C(=O)N3CCC(NC(=O)c4cccc(F)c4)CC3)cc2c(=O)[nH]1. The number of aromatic amines is 1. The molecule has 0 atom stereocenters. The second-order valence-electron chi connectivity index (χ2n) is 7.18. The van der Waals surface area contributed by atoms with E-state index in [0.29, 0.717) is 37.1 Å². The monoisotopic (exact) mass is 397 g/mol. The number of hydrogen-bond donors (Lipinski definition) is 2. The van der Waals surface area contributed by atoms with Gasteiger partial charge in [-0.1, -0.05) is 6.07 Å². The lowest BCUT2D eigenvalue weighted by atomic mass is 10.0. The van der Waals surface area contributed by atoms with E-state index in [9.17, 15) is 18.8 Å². The van der Waals surface area contributed by atoms with Gasteiger partial charge in [-0.05, 0) is 38.0 Å². The number of hydrogen-bond acceptors (Lipinski definition) is 4. The van der Waals surface area contributed by atoms with Crippen molar-refractivity contribution < 1.29 is 14.0 Å². The maximum absolute atomic E-state index is 13.3. The van der Waals surface area contributed by atoms with Gasteiger partial charge < -0.3 is 15.2 Å². The molecule has 1 aromatic carbocycles. The fourth-order valence-electron chi connectivity index (χ4n) is 3.51. The van der Waals surface area contributed by atoms with E-state index in [1.54, 1.807) is 24.1 Å². The summed E-state index contributed by atoms with van der Waals surface area (Å²) in [5.41, 5.74) is 1.16. The Bertz CT molecular complexity index is 1140. The van der Waals surface area contributed by atoms with E-state index in [1.807, 2.05) is 0 Å². The van der Waals surface area contributed by atoms with Crippen molar-refractivity contribution in [1.29, 1.82) is 0 Å². The van der Waals surface area contributed by atoms with E-state index in [1.165, 1.54) is 28.8 Å². The number of nitrogens with one attached hydrogen (secondary N) is 2. The maximum atomic E-state index is 13.3. The summed E-state index contributed by atoms with van der Waals surface area (Å²) in [5, 5.41) is 7.11. The molecule has 4 rings (SSSR count). The van der Waals surface area contributed by atoms with Gasteiger partial charge in [0.2, 0.25) is 0 Å². The fourth-order valence-corrected chi connectivity index (χ4v) is 3.51. The number of nitrogens with zero attached hydrogens (tertiary/aromatic N) is 3. The van der Waals surface area contributed by atoms with Crippen LogP contribution in [0, 0.1) is 12.7 Å². The van der Waals surface area contributed by atoms with Crippen LogP contribution in [0.25, 0.3) is 5.52 Å². The molecule has 150 valence electrons. The van der Waals surface area contributed by atoms with E-state index in [2.05, 4.69) is 15.4 Å². The van der Waals surface area contributed by atoms with Crippen LogP contribution in [-0.4, -0.2) is 50.4 Å². The molecule has 3 aromatic rings. The predicted octanol–water partition coefficient (Wildman–Crippen LogP) is 1.50. The van der Waals surface area contributed by atoms with Gasteiger partial charge in [-0.25, -0.2) is 8.91 Å². The first-order valence-electron chi connectivity index (χ1n) is 9.36. The molecule has 0 bridgehead atoms. The molecule has 2 N–H and O–H groups in total. The van der Waals surface area contributed by atoms with E-state index in [0.717, 1.165) is 0 Å². The molecule has 1 aliphatic heterocycles. The largest absolute Gasteiger partial charge is 0.349 e. The van der Waals surface area contributed by atoms with Gasteiger partial charge in [0.05, 0.1) is 0 Å². The van der Waals surface area contributed by atoms with Crippen LogP contribution in [0.3, 0.4) is 0 Å². The lowest BCUT2D eigenvalue weighted by molar-refractivity contribution is 0.0692. The summed E-state index contributed by atoms with van der Waals surface area (Å²) in [6.07, 6.45) is 2.82. The van der Waals surface area contributed by atoms with Crippen LogP contribution in [0.1, 0.15) is 39.4 Å². The molecule has 8 nitrogen and oxygen atoms in total. The van der Waals surface area contributed by atoms with Gasteiger partial charge >= 0.3 is 0 Å². The minimum absolute atomic E-state index is 0.0959. The van der Waals surface area contributed by atoms with Gasteiger partial charge in [0.25, 0.3) is 17.4 Å². The summed E-state index contributed by atoms with van der Waals surface area (Å²) in [6, 6.07) is 6.92. The van der Waals surface area contributed by atoms with E-state index in [-0.39, 0.29) is 34.7 Å². The molecule has 3 heterocycles. The third-order valence-electron chi connectivity index (χ3n) is 5.02. The van der Waals surface area contributed by atoms with Crippen molar-refractivity contribution in [3.63, 3.8) is 0 Å². The Kier molecular flexibility index (Phi) is 4.87. The molecule has 0 radical (unpaired) electrons. The molecular formula is C20H20FN5O3. The first kappa shape index (κ1) is 18.9. The smallest absolute Gasteiger partial charge is 0.274 e. The molecule has 2 aromatic heterocycles. The summed E-state index contributed by atoms with van der Waals surface area (Å²) in [5.74, 6) is -1.04. The number of piperidine rings is 1. The number of aromatic nitrogens is 3. The summed E-state index contributed by atoms with van der Waals surface area (Å²) in [6.45, 7) is 2.65. The molecule has 1 fully saturated rings. The van der Waals surface area contributed by atoms with Gasteiger partial charge in [0.15, 0.2) is 5.69 Å². The maximum Gasteiger partial charge on any atom is 0.274 e. The number of rotatable bonds is 3. The number of amides is 2. The lowest BCUT2D eigenvalue weighted by Gasteiger charge is -2.32. The molecule has 29 heavy (non-hydrogen) atoms. The van der Waals surface area contributed by atoms with Crippen molar-refractivity contribution in [2.24, 2.45) is 0 Å². The number of H-pyrrole nitrogens is 1. The Labute approximate surface area is 165 Å². The van der Waals surface area contributed by atoms with Gasteiger partial charge in [0, 0.05) is 42.7 Å².